The van der Waals surface area contributed by atoms with Gasteiger partial charge in [-0.3, -0.25) is 4.79 Å². The van der Waals surface area contributed by atoms with Crippen LogP contribution < -0.4 is 5.32 Å². The van der Waals surface area contributed by atoms with Crippen molar-refractivity contribution in [2.24, 2.45) is 13.0 Å². The molecule has 1 N–H and O–H groups in total. The molecule has 0 fully saturated rings. The first-order valence-corrected chi connectivity index (χ1v) is 10.7. The van der Waals surface area contributed by atoms with E-state index in [0.29, 0.717) is 28.2 Å². The minimum absolute atomic E-state index is 0.166. The quantitative estimate of drug-likeness (QED) is 0.583. The van der Waals surface area contributed by atoms with Crippen LogP contribution in [0.3, 0.4) is 0 Å². The third-order valence-electron chi connectivity index (χ3n) is 4.55. The number of fused-ring (bicyclic) bond motifs is 1. The Labute approximate surface area is 166 Å². The van der Waals surface area contributed by atoms with E-state index in [0.717, 1.165) is 24.8 Å². The first-order valence-electron chi connectivity index (χ1n) is 9.03. The molecule has 0 radical (unpaired) electrons. The van der Waals surface area contributed by atoms with Gasteiger partial charge in [-0.25, -0.2) is 4.79 Å². The molecular weight excluding hydrogens is 384 g/mol. The van der Waals surface area contributed by atoms with Crippen molar-refractivity contribution in [2.75, 3.05) is 11.9 Å². The molecule has 27 heavy (non-hydrogen) atoms. The van der Waals surface area contributed by atoms with Crippen LogP contribution in [0, 0.1) is 5.92 Å². The summed E-state index contributed by atoms with van der Waals surface area (Å²) in [5, 5.41) is 11.7. The number of hydrogen-bond donors (Lipinski definition) is 1. The van der Waals surface area contributed by atoms with Crippen molar-refractivity contribution < 1.29 is 14.3 Å². The summed E-state index contributed by atoms with van der Waals surface area (Å²) in [6.07, 6.45) is 4.42. The molecule has 9 heteroatoms. The van der Waals surface area contributed by atoms with Crippen LogP contribution in [0.5, 0.6) is 0 Å². The van der Waals surface area contributed by atoms with Crippen molar-refractivity contribution in [2.45, 2.75) is 50.4 Å². The van der Waals surface area contributed by atoms with Crippen LogP contribution >= 0.6 is 23.1 Å². The number of carbonyl (C=O) groups excluding carboxylic acids is 2. The fourth-order valence-electron chi connectivity index (χ4n) is 3.06. The third kappa shape index (κ3) is 4.35. The number of thiophene rings is 1. The number of esters is 1. The Bertz CT molecular complexity index is 846. The highest BCUT2D eigenvalue weighted by molar-refractivity contribution is 8.00. The summed E-state index contributed by atoms with van der Waals surface area (Å²) in [5.74, 6) is 0.0637. The average Bonchev–Trinajstić information content (AvgIpc) is 3.17. The minimum atomic E-state index is -0.374. The van der Waals surface area contributed by atoms with E-state index < -0.39 is 0 Å². The van der Waals surface area contributed by atoms with E-state index in [4.69, 9.17) is 4.74 Å². The molecule has 146 valence electrons. The lowest BCUT2D eigenvalue weighted by Gasteiger charge is -2.18. The first kappa shape index (κ1) is 19.9. The van der Waals surface area contributed by atoms with Crippen LogP contribution in [-0.2, 0) is 29.4 Å². The Morgan fingerprint density at radius 2 is 2.30 bits per heavy atom. The number of thioether (sulfide) groups is 1. The Morgan fingerprint density at radius 1 is 1.52 bits per heavy atom. The number of rotatable bonds is 6. The second kappa shape index (κ2) is 8.43. The summed E-state index contributed by atoms with van der Waals surface area (Å²) in [4.78, 5) is 26.4. The number of nitrogens with one attached hydrogen (secondary N) is 1. The predicted molar refractivity (Wildman–Crippen MR) is 106 cm³/mol. The molecule has 2 unspecified atom stereocenters. The Hall–Kier alpha value is -1.87. The Kier molecular flexibility index (Phi) is 6.21. The molecular formula is C18H24N4O3S2. The van der Waals surface area contributed by atoms with E-state index in [1.807, 2.05) is 14.0 Å². The maximum absolute atomic E-state index is 12.7. The van der Waals surface area contributed by atoms with Crippen molar-refractivity contribution >= 4 is 40.0 Å². The van der Waals surface area contributed by atoms with Crippen molar-refractivity contribution in [3.8, 4) is 0 Å². The molecule has 2 heterocycles. The molecule has 0 spiro atoms. The molecule has 0 saturated carbocycles. The van der Waals surface area contributed by atoms with Crippen LogP contribution in [0.4, 0.5) is 5.00 Å². The maximum Gasteiger partial charge on any atom is 0.341 e. The smallest absolute Gasteiger partial charge is 0.341 e. The molecule has 2 aromatic heterocycles. The zero-order chi connectivity index (χ0) is 19.6. The standard InChI is InChI=1S/C18H24N4O3S2/c1-5-25-17(24)14-12-7-6-10(2)8-13(12)27-16(14)20-15(23)11(3)26-18-21-19-9-22(18)4/h9-11H,5-8H2,1-4H3,(H,20,23). The zero-order valence-electron chi connectivity index (χ0n) is 15.9. The highest BCUT2D eigenvalue weighted by Gasteiger charge is 2.30. The Balaban J connectivity index is 1.81. The molecule has 1 aliphatic rings. The number of aryl methyl sites for hydroxylation is 1. The summed E-state index contributed by atoms with van der Waals surface area (Å²) in [7, 11) is 1.83. The SMILES string of the molecule is CCOC(=O)c1c(NC(=O)C(C)Sc2nncn2C)sc2c1CCC(C)C2. The molecule has 0 aromatic carbocycles. The van der Waals surface area contributed by atoms with Gasteiger partial charge in [0.25, 0.3) is 0 Å². The molecule has 0 aliphatic heterocycles. The average molecular weight is 409 g/mol. The molecule has 7 nitrogen and oxygen atoms in total. The van der Waals surface area contributed by atoms with Crippen LogP contribution in [-0.4, -0.2) is 38.5 Å². The number of aromatic nitrogens is 3. The van der Waals surface area contributed by atoms with Crippen molar-refractivity contribution in [1.29, 1.82) is 0 Å². The van der Waals surface area contributed by atoms with Crippen molar-refractivity contribution in [3.05, 3.63) is 22.3 Å². The van der Waals surface area contributed by atoms with Gasteiger partial charge in [-0.15, -0.1) is 21.5 Å². The second-order valence-electron chi connectivity index (χ2n) is 6.75. The van der Waals surface area contributed by atoms with Gasteiger partial charge in [0.1, 0.15) is 11.3 Å². The number of anilines is 1. The van der Waals surface area contributed by atoms with Crippen LogP contribution in [0.2, 0.25) is 0 Å². The number of nitrogens with zero attached hydrogens (tertiary/aromatic N) is 3. The Morgan fingerprint density at radius 3 is 2.96 bits per heavy atom. The van der Waals surface area contributed by atoms with Gasteiger partial charge in [-0.1, -0.05) is 18.7 Å². The van der Waals surface area contributed by atoms with Gasteiger partial charge < -0.3 is 14.6 Å². The van der Waals surface area contributed by atoms with Crippen LogP contribution in [0.25, 0.3) is 0 Å². The van der Waals surface area contributed by atoms with Gasteiger partial charge >= 0.3 is 5.97 Å². The van der Waals surface area contributed by atoms with E-state index in [-0.39, 0.29) is 17.1 Å². The van der Waals surface area contributed by atoms with Crippen molar-refractivity contribution in [3.63, 3.8) is 0 Å². The topological polar surface area (TPSA) is 86.1 Å². The molecule has 1 amide bonds. The van der Waals surface area contributed by atoms with Crippen LogP contribution in [0.15, 0.2) is 11.5 Å². The van der Waals surface area contributed by atoms with Gasteiger partial charge in [0, 0.05) is 11.9 Å². The van der Waals surface area contributed by atoms with E-state index in [1.54, 1.807) is 17.8 Å². The van der Waals surface area contributed by atoms with E-state index in [2.05, 4.69) is 22.4 Å². The minimum Gasteiger partial charge on any atom is -0.462 e. The summed E-state index contributed by atoms with van der Waals surface area (Å²) in [6, 6.07) is 0. The second-order valence-corrected chi connectivity index (χ2v) is 9.16. The molecule has 0 saturated heterocycles. The van der Waals surface area contributed by atoms with Gasteiger partial charge in [0.2, 0.25) is 5.91 Å². The number of ether oxygens (including phenoxy) is 1. The lowest BCUT2D eigenvalue weighted by molar-refractivity contribution is -0.115. The lowest BCUT2D eigenvalue weighted by Crippen LogP contribution is -2.23. The molecule has 0 bridgehead atoms. The van der Waals surface area contributed by atoms with E-state index in [1.165, 1.54) is 28.0 Å². The van der Waals surface area contributed by atoms with Crippen molar-refractivity contribution in [1.82, 2.24) is 14.8 Å². The number of carbonyl (C=O) groups is 2. The zero-order valence-corrected chi connectivity index (χ0v) is 17.6. The molecule has 3 rings (SSSR count). The number of amides is 1. The van der Waals surface area contributed by atoms with Gasteiger partial charge in [-0.2, -0.15) is 0 Å². The summed E-state index contributed by atoms with van der Waals surface area (Å²) in [5.41, 5.74) is 1.58. The highest BCUT2D eigenvalue weighted by atomic mass is 32.2. The monoisotopic (exact) mass is 408 g/mol. The largest absolute Gasteiger partial charge is 0.462 e. The molecule has 1 aliphatic carbocycles. The predicted octanol–water partition coefficient (Wildman–Crippen LogP) is 3.30. The maximum atomic E-state index is 12.7. The molecule has 2 atom stereocenters. The van der Waals surface area contributed by atoms with E-state index >= 15 is 0 Å². The highest BCUT2D eigenvalue weighted by Crippen LogP contribution is 2.40. The third-order valence-corrected chi connectivity index (χ3v) is 6.87. The fourth-order valence-corrected chi connectivity index (χ4v) is 5.25. The summed E-state index contributed by atoms with van der Waals surface area (Å²) in [6.45, 7) is 6.13. The van der Waals surface area contributed by atoms with E-state index in [9.17, 15) is 9.59 Å². The number of hydrogen-bond acceptors (Lipinski definition) is 7. The van der Waals surface area contributed by atoms with Gasteiger partial charge in [-0.05, 0) is 44.6 Å². The molecule has 2 aromatic rings. The first-order chi connectivity index (χ1) is 12.9. The summed E-state index contributed by atoms with van der Waals surface area (Å²) < 4.78 is 7.02. The van der Waals surface area contributed by atoms with Gasteiger partial charge in [0.05, 0.1) is 17.4 Å². The lowest BCUT2D eigenvalue weighted by atomic mass is 9.88. The normalized spacial score (nSPS) is 17.3. The van der Waals surface area contributed by atoms with Gasteiger partial charge in [0.15, 0.2) is 5.16 Å². The fraction of sp³-hybridized carbons (Fsp3) is 0.556. The summed E-state index contributed by atoms with van der Waals surface area (Å²) >= 11 is 2.83. The van der Waals surface area contributed by atoms with Crippen LogP contribution in [0.1, 0.15) is 48.0 Å².